The third kappa shape index (κ3) is 2.04. The van der Waals surface area contributed by atoms with Crippen LogP contribution in [0.2, 0.25) is 0 Å². The molecule has 1 aromatic rings. The number of aryl methyl sites for hydroxylation is 1. The van der Waals surface area contributed by atoms with E-state index in [1.807, 2.05) is 11.8 Å². The summed E-state index contributed by atoms with van der Waals surface area (Å²) in [7, 11) is 0. The van der Waals surface area contributed by atoms with E-state index in [1.165, 1.54) is 25.7 Å². The minimum atomic E-state index is 0.0588. The Balaban J connectivity index is 1.79. The molecule has 1 aromatic heterocycles. The molecule has 2 fully saturated rings. The molecule has 1 aliphatic heterocycles. The lowest BCUT2D eigenvalue weighted by Crippen LogP contribution is -2.49. The minimum Gasteiger partial charge on any atom is -0.361 e. The van der Waals surface area contributed by atoms with Crippen molar-refractivity contribution < 1.29 is 9.32 Å². The van der Waals surface area contributed by atoms with Gasteiger partial charge in [-0.2, -0.15) is 0 Å². The lowest BCUT2D eigenvalue weighted by Gasteiger charge is -2.43. The normalized spacial score (nSPS) is 27.9. The molecule has 1 saturated carbocycles. The van der Waals surface area contributed by atoms with E-state index < -0.39 is 0 Å². The quantitative estimate of drug-likeness (QED) is 0.767. The van der Waals surface area contributed by atoms with Gasteiger partial charge >= 0.3 is 0 Å². The highest BCUT2D eigenvalue weighted by Gasteiger charge is 2.36. The molecule has 3 rings (SSSR count). The smallest absolute Gasteiger partial charge is 0.276 e. The van der Waals surface area contributed by atoms with Crippen LogP contribution >= 0.6 is 0 Å². The van der Waals surface area contributed by atoms with Crippen molar-refractivity contribution in [2.24, 2.45) is 5.92 Å². The maximum Gasteiger partial charge on any atom is 0.276 e. The maximum atomic E-state index is 12.5. The van der Waals surface area contributed by atoms with E-state index in [1.54, 1.807) is 6.07 Å². The second kappa shape index (κ2) is 4.75. The zero-order chi connectivity index (χ0) is 12.5. The number of aromatic nitrogens is 1. The van der Waals surface area contributed by atoms with E-state index >= 15 is 0 Å². The summed E-state index contributed by atoms with van der Waals surface area (Å²) in [6.45, 7) is 2.70. The zero-order valence-corrected chi connectivity index (χ0v) is 10.9. The van der Waals surface area contributed by atoms with E-state index in [0.29, 0.717) is 23.4 Å². The molecule has 0 bridgehead atoms. The summed E-state index contributed by atoms with van der Waals surface area (Å²) in [5, 5.41) is 3.86. The Bertz CT molecular complexity index is 439. The minimum absolute atomic E-state index is 0.0588. The highest BCUT2D eigenvalue weighted by atomic mass is 16.5. The number of piperidine rings is 1. The van der Waals surface area contributed by atoms with Gasteiger partial charge < -0.3 is 9.42 Å². The van der Waals surface area contributed by atoms with Crippen molar-refractivity contribution in [3.63, 3.8) is 0 Å². The van der Waals surface area contributed by atoms with Crippen molar-refractivity contribution in [2.45, 2.75) is 51.5 Å². The molecule has 0 N–H and O–H groups in total. The largest absolute Gasteiger partial charge is 0.361 e. The van der Waals surface area contributed by atoms with E-state index in [9.17, 15) is 4.79 Å². The van der Waals surface area contributed by atoms with E-state index in [0.717, 1.165) is 19.4 Å². The summed E-state index contributed by atoms with van der Waals surface area (Å²) in [5.41, 5.74) is 0.471. The first-order chi connectivity index (χ1) is 8.75. The lowest BCUT2D eigenvalue weighted by atomic mass is 9.78. The molecule has 0 aromatic carbocycles. The summed E-state index contributed by atoms with van der Waals surface area (Å²) < 4.78 is 5.01. The second-order valence-electron chi connectivity index (χ2n) is 5.58. The van der Waals surface area contributed by atoms with E-state index in [2.05, 4.69) is 5.16 Å². The average molecular weight is 248 g/mol. The molecule has 0 radical (unpaired) electrons. The molecule has 1 saturated heterocycles. The second-order valence-corrected chi connectivity index (χ2v) is 5.58. The molecule has 2 heterocycles. The Morgan fingerprint density at radius 3 is 2.89 bits per heavy atom. The van der Waals surface area contributed by atoms with Crippen LogP contribution in [0.25, 0.3) is 0 Å². The van der Waals surface area contributed by atoms with Crippen LogP contribution in [0, 0.1) is 12.8 Å². The number of rotatable bonds is 1. The summed E-state index contributed by atoms with van der Waals surface area (Å²) in [6, 6.07) is 2.19. The first-order valence-electron chi connectivity index (χ1n) is 7.00. The van der Waals surface area contributed by atoms with Gasteiger partial charge in [-0.1, -0.05) is 18.0 Å². The lowest BCUT2D eigenvalue weighted by molar-refractivity contribution is 0.0381. The first-order valence-corrected chi connectivity index (χ1v) is 7.00. The van der Waals surface area contributed by atoms with Crippen LogP contribution in [0.4, 0.5) is 0 Å². The van der Waals surface area contributed by atoms with Gasteiger partial charge in [0.25, 0.3) is 5.91 Å². The Hall–Kier alpha value is -1.32. The molecule has 1 amide bonds. The molecular formula is C14H20N2O2. The predicted molar refractivity (Wildman–Crippen MR) is 67.3 cm³/mol. The Labute approximate surface area is 107 Å². The third-order valence-corrected chi connectivity index (χ3v) is 4.35. The van der Waals surface area contributed by atoms with Gasteiger partial charge in [0.1, 0.15) is 5.76 Å². The molecule has 0 unspecified atom stereocenters. The van der Waals surface area contributed by atoms with Gasteiger partial charge in [0, 0.05) is 18.7 Å². The van der Waals surface area contributed by atoms with Crippen molar-refractivity contribution in [1.82, 2.24) is 10.1 Å². The van der Waals surface area contributed by atoms with Gasteiger partial charge in [-0.15, -0.1) is 0 Å². The molecule has 0 spiro atoms. The van der Waals surface area contributed by atoms with Crippen molar-refractivity contribution in [3.8, 4) is 0 Å². The average Bonchev–Trinajstić information content (AvgIpc) is 2.84. The van der Waals surface area contributed by atoms with Crippen molar-refractivity contribution in [3.05, 3.63) is 17.5 Å². The number of fused-ring (bicyclic) bond motifs is 1. The van der Waals surface area contributed by atoms with E-state index in [-0.39, 0.29) is 5.91 Å². The highest BCUT2D eigenvalue weighted by molar-refractivity contribution is 5.92. The molecule has 18 heavy (non-hydrogen) atoms. The van der Waals surface area contributed by atoms with Gasteiger partial charge in [0.05, 0.1) is 0 Å². The van der Waals surface area contributed by atoms with Gasteiger partial charge in [0.15, 0.2) is 5.69 Å². The summed E-state index contributed by atoms with van der Waals surface area (Å²) in [5.74, 6) is 1.48. The SMILES string of the molecule is Cc1cc(C(=O)N2CCC[C@@H]3CCCC[C@H]32)no1. The van der Waals surface area contributed by atoms with Crippen molar-refractivity contribution in [1.29, 1.82) is 0 Å². The number of likely N-dealkylation sites (tertiary alicyclic amines) is 1. The Morgan fingerprint density at radius 2 is 2.11 bits per heavy atom. The number of hydrogen-bond donors (Lipinski definition) is 0. The Morgan fingerprint density at radius 1 is 1.33 bits per heavy atom. The molecule has 98 valence electrons. The van der Waals surface area contributed by atoms with Crippen LogP contribution in [0.5, 0.6) is 0 Å². The monoisotopic (exact) mass is 248 g/mol. The highest BCUT2D eigenvalue weighted by Crippen LogP contribution is 2.35. The molecular weight excluding hydrogens is 228 g/mol. The number of amides is 1. The van der Waals surface area contributed by atoms with Crippen LogP contribution in [-0.4, -0.2) is 28.6 Å². The zero-order valence-electron chi connectivity index (χ0n) is 10.9. The van der Waals surface area contributed by atoms with Gasteiger partial charge in [-0.25, -0.2) is 0 Å². The number of nitrogens with zero attached hydrogens (tertiary/aromatic N) is 2. The molecule has 4 nitrogen and oxygen atoms in total. The van der Waals surface area contributed by atoms with Crippen LogP contribution in [0.15, 0.2) is 10.6 Å². The van der Waals surface area contributed by atoms with Gasteiger partial charge in [-0.3, -0.25) is 4.79 Å². The van der Waals surface area contributed by atoms with Crippen LogP contribution in [0.3, 0.4) is 0 Å². The summed E-state index contributed by atoms with van der Waals surface area (Å²) in [4.78, 5) is 14.5. The fourth-order valence-electron chi connectivity index (χ4n) is 3.49. The van der Waals surface area contributed by atoms with Crippen molar-refractivity contribution in [2.75, 3.05) is 6.54 Å². The van der Waals surface area contributed by atoms with Crippen LogP contribution < -0.4 is 0 Å². The Kier molecular flexibility index (Phi) is 3.10. The molecule has 4 heteroatoms. The fourth-order valence-corrected chi connectivity index (χ4v) is 3.49. The first kappa shape index (κ1) is 11.8. The number of hydrogen-bond acceptors (Lipinski definition) is 3. The number of carbonyl (C=O) groups is 1. The topological polar surface area (TPSA) is 46.3 Å². The maximum absolute atomic E-state index is 12.5. The van der Waals surface area contributed by atoms with Gasteiger partial charge in [0.2, 0.25) is 0 Å². The van der Waals surface area contributed by atoms with Crippen molar-refractivity contribution >= 4 is 5.91 Å². The number of carbonyl (C=O) groups excluding carboxylic acids is 1. The van der Waals surface area contributed by atoms with Crippen LogP contribution in [-0.2, 0) is 0 Å². The molecule has 1 aliphatic carbocycles. The van der Waals surface area contributed by atoms with E-state index in [4.69, 9.17) is 4.52 Å². The van der Waals surface area contributed by atoms with Gasteiger partial charge in [-0.05, 0) is 38.5 Å². The van der Waals surface area contributed by atoms with Crippen LogP contribution in [0.1, 0.15) is 54.8 Å². The summed E-state index contributed by atoms with van der Waals surface area (Å²) >= 11 is 0. The standard InChI is InChI=1S/C14H20N2O2/c1-10-9-12(15-18-10)14(17)16-8-4-6-11-5-2-3-7-13(11)16/h9,11,13H,2-8H2,1H3/t11-,13+/m0/s1. The third-order valence-electron chi connectivity index (χ3n) is 4.35. The molecule has 2 atom stereocenters. The molecule has 2 aliphatic rings. The fraction of sp³-hybridized carbons (Fsp3) is 0.714. The predicted octanol–water partition coefficient (Wildman–Crippen LogP) is 2.78. The summed E-state index contributed by atoms with van der Waals surface area (Å²) in [6.07, 6.45) is 7.44.